The molecule has 1 aliphatic carbocycles. The maximum atomic E-state index is 11.5. The van der Waals surface area contributed by atoms with E-state index in [9.17, 15) is 4.79 Å². The number of pyridine rings is 1. The summed E-state index contributed by atoms with van der Waals surface area (Å²) in [5, 5.41) is 4.50. The van der Waals surface area contributed by atoms with Crippen LogP contribution >= 0.6 is 0 Å². The zero-order chi connectivity index (χ0) is 31.0. The lowest BCUT2D eigenvalue weighted by molar-refractivity contribution is 0.00476. The van der Waals surface area contributed by atoms with Crippen LogP contribution in [0.4, 0.5) is 10.5 Å². The van der Waals surface area contributed by atoms with Crippen LogP contribution in [-0.4, -0.2) is 39.6 Å². The number of fused-ring (bicyclic) bond motifs is 1. The number of aryl methyl sites for hydroxylation is 1. The van der Waals surface area contributed by atoms with Crippen molar-refractivity contribution in [3.8, 4) is 17.0 Å². The summed E-state index contributed by atoms with van der Waals surface area (Å²) in [7, 11) is 0. The van der Waals surface area contributed by atoms with E-state index in [1.165, 1.54) is 40.8 Å². The minimum atomic E-state index is -0.811. The standard InChI is InChI=1S/C36H43N5O3/c1-6-40-21-29(20-39-40)26-11-15-31-28(18-26)17-23(2)41(30-13-9-25(10-14-30)24-7-8-24)34(31)27-12-16-33(38-19-27)43-22-32(36(3,4)5)44-35(37)42/h9-16,18-21,23-24,32,34H,6-8,17,22H2,1-5H3,(H2,37,42)/t23-,32?,34-/m1/s1. The summed E-state index contributed by atoms with van der Waals surface area (Å²) in [6, 6.07) is 20.2. The van der Waals surface area contributed by atoms with Crippen molar-refractivity contribution in [2.45, 2.75) is 84.5 Å². The number of hydrogen-bond donors (Lipinski definition) is 1. The maximum Gasteiger partial charge on any atom is 0.404 e. The molecule has 8 nitrogen and oxygen atoms in total. The van der Waals surface area contributed by atoms with Crippen LogP contribution in [0.2, 0.25) is 0 Å². The molecule has 2 aromatic carbocycles. The molecule has 3 heterocycles. The van der Waals surface area contributed by atoms with E-state index in [2.05, 4.69) is 78.6 Å². The zero-order valence-electron chi connectivity index (χ0n) is 26.4. The summed E-state index contributed by atoms with van der Waals surface area (Å²) in [6.07, 6.45) is 8.18. The number of primary amides is 1. The van der Waals surface area contributed by atoms with Gasteiger partial charge in [0.1, 0.15) is 12.7 Å². The van der Waals surface area contributed by atoms with Gasteiger partial charge in [0.25, 0.3) is 0 Å². The third-order valence-corrected chi connectivity index (χ3v) is 8.92. The fourth-order valence-corrected chi connectivity index (χ4v) is 6.22. The molecule has 3 atom stereocenters. The van der Waals surface area contributed by atoms with Crippen LogP contribution in [0.25, 0.3) is 11.1 Å². The quantitative estimate of drug-likeness (QED) is 0.219. The molecule has 8 heteroatoms. The van der Waals surface area contributed by atoms with Gasteiger partial charge in [-0.15, -0.1) is 0 Å². The van der Waals surface area contributed by atoms with Crippen LogP contribution in [-0.2, 0) is 17.7 Å². The van der Waals surface area contributed by atoms with E-state index in [1.807, 2.05) is 43.9 Å². The van der Waals surface area contributed by atoms with Crippen molar-refractivity contribution in [2.24, 2.45) is 11.1 Å². The Morgan fingerprint density at radius 2 is 1.77 bits per heavy atom. The molecule has 2 aromatic heterocycles. The second kappa shape index (κ2) is 12.0. The number of hydrogen-bond acceptors (Lipinski definition) is 6. The molecule has 1 unspecified atom stereocenters. The van der Waals surface area contributed by atoms with Gasteiger partial charge in [0, 0.05) is 47.7 Å². The van der Waals surface area contributed by atoms with Gasteiger partial charge in [-0.25, -0.2) is 9.78 Å². The van der Waals surface area contributed by atoms with Crippen LogP contribution in [0, 0.1) is 5.41 Å². The first-order chi connectivity index (χ1) is 21.1. The molecule has 0 bridgehead atoms. The second-order valence-electron chi connectivity index (χ2n) is 13.3. The molecule has 1 fully saturated rings. The third kappa shape index (κ3) is 6.30. The minimum Gasteiger partial charge on any atom is -0.474 e. The van der Waals surface area contributed by atoms with Crippen LogP contribution in [0.5, 0.6) is 5.88 Å². The maximum absolute atomic E-state index is 11.5. The molecule has 230 valence electrons. The molecule has 4 aromatic rings. The van der Waals surface area contributed by atoms with Gasteiger partial charge in [-0.1, -0.05) is 51.1 Å². The molecule has 2 N–H and O–H groups in total. The van der Waals surface area contributed by atoms with E-state index >= 15 is 0 Å². The number of benzene rings is 2. The van der Waals surface area contributed by atoms with E-state index in [0.29, 0.717) is 5.88 Å². The molecule has 0 spiro atoms. The van der Waals surface area contributed by atoms with Crippen molar-refractivity contribution in [3.05, 3.63) is 95.4 Å². The Labute approximate surface area is 260 Å². The lowest BCUT2D eigenvalue weighted by atomic mass is 9.83. The number of anilines is 1. The Morgan fingerprint density at radius 1 is 1.02 bits per heavy atom. The molecule has 1 amide bonds. The predicted octanol–water partition coefficient (Wildman–Crippen LogP) is 7.27. The molecule has 44 heavy (non-hydrogen) atoms. The Kier molecular flexibility index (Phi) is 8.10. The normalized spacial score (nSPS) is 18.9. The Balaban J connectivity index is 1.33. The monoisotopic (exact) mass is 593 g/mol. The van der Waals surface area contributed by atoms with Crippen LogP contribution in [0.1, 0.15) is 81.7 Å². The molecule has 1 aliphatic heterocycles. The molecule has 2 aliphatic rings. The summed E-state index contributed by atoms with van der Waals surface area (Å²) in [4.78, 5) is 18.7. The number of amides is 1. The highest BCUT2D eigenvalue weighted by Gasteiger charge is 2.35. The van der Waals surface area contributed by atoms with Crippen molar-refractivity contribution in [1.29, 1.82) is 0 Å². The Bertz CT molecular complexity index is 1600. The number of ether oxygens (including phenoxy) is 2. The summed E-state index contributed by atoms with van der Waals surface area (Å²) >= 11 is 0. The van der Waals surface area contributed by atoms with Gasteiger partial charge in [-0.3, -0.25) is 4.68 Å². The van der Waals surface area contributed by atoms with Crippen LogP contribution in [0.15, 0.2) is 73.2 Å². The van der Waals surface area contributed by atoms with E-state index in [4.69, 9.17) is 20.2 Å². The van der Waals surface area contributed by atoms with E-state index in [-0.39, 0.29) is 24.1 Å². The summed E-state index contributed by atoms with van der Waals surface area (Å²) in [5.41, 5.74) is 13.6. The molecule has 0 saturated heterocycles. The zero-order valence-corrected chi connectivity index (χ0v) is 26.4. The number of aromatic nitrogens is 3. The van der Waals surface area contributed by atoms with Gasteiger partial charge >= 0.3 is 6.09 Å². The van der Waals surface area contributed by atoms with Gasteiger partial charge in [0.15, 0.2) is 0 Å². The van der Waals surface area contributed by atoms with Crippen LogP contribution in [0.3, 0.4) is 0 Å². The third-order valence-electron chi connectivity index (χ3n) is 8.92. The van der Waals surface area contributed by atoms with Crippen LogP contribution < -0.4 is 15.4 Å². The average Bonchev–Trinajstić information content (AvgIpc) is 3.74. The van der Waals surface area contributed by atoms with Gasteiger partial charge in [-0.05, 0) is 85.0 Å². The van der Waals surface area contributed by atoms with Crippen molar-refractivity contribution in [3.63, 3.8) is 0 Å². The Hall–Kier alpha value is -4.33. The fourth-order valence-electron chi connectivity index (χ4n) is 6.22. The molecule has 6 rings (SSSR count). The Morgan fingerprint density at radius 3 is 2.39 bits per heavy atom. The van der Waals surface area contributed by atoms with E-state index in [0.717, 1.165) is 30.0 Å². The molecule has 0 radical (unpaired) electrons. The number of carbonyl (C=O) groups excluding carboxylic acids is 1. The average molecular weight is 594 g/mol. The smallest absolute Gasteiger partial charge is 0.404 e. The van der Waals surface area contributed by atoms with Crippen molar-refractivity contribution < 1.29 is 14.3 Å². The number of rotatable bonds is 9. The highest BCUT2D eigenvalue weighted by Crippen LogP contribution is 2.44. The number of nitrogens with zero attached hydrogens (tertiary/aromatic N) is 4. The molecular weight excluding hydrogens is 550 g/mol. The summed E-state index contributed by atoms with van der Waals surface area (Å²) in [5.74, 6) is 1.20. The summed E-state index contributed by atoms with van der Waals surface area (Å²) < 4.78 is 13.3. The SMILES string of the molecule is CCn1cc(-c2ccc3c(c2)C[C@@H](C)N(c2ccc(C4CC4)cc2)[C@@H]3c2ccc(OCC(OC(N)=O)C(C)(C)C)nc2)cn1. The second-order valence-corrected chi connectivity index (χ2v) is 13.3. The van der Waals surface area contributed by atoms with Gasteiger partial charge in [0.05, 0.1) is 12.2 Å². The lowest BCUT2D eigenvalue weighted by Gasteiger charge is -2.44. The van der Waals surface area contributed by atoms with Crippen molar-refractivity contribution in [2.75, 3.05) is 11.5 Å². The van der Waals surface area contributed by atoms with Crippen molar-refractivity contribution in [1.82, 2.24) is 14.8 Å². The number of carbonyl (C=O) groups is 1. The lowest BCUT2D eigenvalue weighted by Crippen LogP contribution is -2.43. The van der Waals surface area contributed by atoms with E-state index < -0.39 is 12.2 Å². The minimum absolute atomic E-state index is 0.0185. The van der Waals surface area contributed by atoms with E-state index in [1.54, 1.807) is 0 Å². The van der Waals surface area contributed by atoms with Gasteiger partial charge in [-0.2, -0.15) is 5.10 Å². The predicted molar refractivity (Wildman–Crippen MR) is 173 cm³/mol. The van der Waals surface area contributed by atoms with Gasteiger partial charge in [0.2, 0.25) is 5.88 Å². The molecule has 1 saturated carbocycles. The van der Waals surface area contributed by atoms with Crippen molar-refractivity contribution >= 4 is 11.8 Å². The highest BCUT2D eigenvalue weighted by molar-refractivity contribution is 5.66. The first-order valence-corrected chi connectivity index (χ1v) is 15.7. The molecular formula is C36H43N5O3. The topological polar surface area (TPSA) is 95.5 Å². The summed E-state index contributed by atoms with van der Waals surface area (Å²) in [6.45, 7) is 11.4. The fraction of sp³-hybridized carbons (Fsp3) is 0.417. The van der Waals surface area contributed by atoms with Gasteiger partial charge < -0.3 is 20.1 Å². The first-order valence-electron chi connectivity index (χ1n) is 15.7. The first kappa shape index (κ1) is 29.7. The number of nitrogens with two attached hydrogens (primary N) is 1. The largest absolute Gasteiger partial charge is 0.474 e. The highest BCUT2D eigenvalue weighted by atomic mass is 16.6.